The van der Waals surface area contributed by atoms with Crippen LogP contribution in [0.15, 0.2) is 0 Å². The van der Waals surface area contributed by atoms with Gasteiger partial charge in [0.15, 0.2) is 0 Å². The van der Waals surface area contributed by atoms with E-state index in [9.17, 15) is 4.79 Å². The number of carboxylic acid groups (broad SMARTS) is 1. The number of carboxylic acids is 1. The molecule has 1 fully saturated rings. The molecule has 0 aromatic heterocycles. The van der Waals surface area contributed by atoms with Crippen molar-refractivity contribution in [1.29, 1.82) is 0 Å². The topological polar surface area (TPSA) is 49.3 Å². The van der Waals surface area contributed by atoms with E-state index < -0.39 is 5.97 Å². The first-order valence-electron chi connectivity index (χ1n) is 2.77. The van der Waals surface area contributed by atoms with E-state index in [1.165, 1.54) is 0 Å². The molecule has 1 aliphatic heterocycles. The van der Waals surface area contributed by atoms with Crippen molar-refractivity contribution in [3.63, 3.8) is 0 Å². The van der Waals surface area contributed by atoms with E-state index in [0.29, 0.717) is 0 Å². The van der Waals surface area contributed by atoms with Gasteiger partial charge in [-0.1, -0.05) is 0 Å². The van der Waals surface area contributed by atoms with Crippen molar-refractivity contribution in [2.75, 3.05) is 6.54 Å². The van der Waals surface area contributed by atoms with Crippen LogP contribution in [0.5, 0.6) is 0 Å². The highest BCUT2D eigenvalue weighted by Crippen LogP contribution is 2.03. The fraction of sp³-hybridized carbons (Fsp3) is 0.800. The SMILES string of the molecule is O=[13C](O)[13C@H]1CCC[15NH]1. The zero-order valence-electron chi connectivity index (χ0n) is 4.55. The van der Waals surface area contributed by atoms with E-state index in [2.05, 4.69) is 5.32 Å². The lowest BCUT2D eigenvalue weighted by Crippen LogP contribution is -2.29. The van der Waals surface area contributed by atoms with Gasteiger partial charge >= 0.3 is 5.97 Å². The standard InChI is InChI=1S/C5H9NO2/c7-5(8)4-2-1-3-6-4/h4,6H,1-3H2,(H,7,8)/t4-/m1/s1/i4+1,5+1,6+1. The summed E-state index contributed by atoms with van der Waals surface area (Å²) in [6, 6.07) is -0.269. The minimum absolute atomic E-state index is 0.269. The Kier molecular flexibility index (Phi) is 1.48. The van der Waals surface area contributed by atoms with Crippen LogP contribution in [0.2, 0.25) is 0 Å². The quantitative estimate of drug-likeness (QED) is 0.371. The molecular formula is C5H9NO2. The van der Waals surface area contributed by atoms with Gasteiger partial charge < -0.3 is 10.4 Å². The van der Waals surface area contributed by atoms with Gasteiger partial charge in [0.25, 0.3) is 0 Å². The van der Waals surface area contributed by atoms with Gasteiger partial charge in [0.1, 0.15) is 6.04 Å². The number of aliphatic carboxylic acids is 1. The lowest BCUT2D eigenvalue weighted by atomic mass is 10.4. The zero-order valence-corrected chi connectivity index (χ0v) is 4.55. The van der Waals surface area contributed by atoms with Gasteiger partial charge in [-0.2, -0.15) is 0 Å². The monoisotopic (exact) mass is 118 g/mol. The van der Waals surface area contributed by atoms with Crippen LogP contribution in [-0.4, -0.2) is 23.7 Å². The summed E-state index contributed by atoms with van der Waals surface area (Å²) < 4.78 is 0. The molecule has 1 rings (SSSR count). The smallest absolute Gasteiger partial charge is 0.320 e. The summed E-state index contributed by atoms with van der Waals surface area (Å²) in [5.41, 5.74) is 0. The molecule has 0 aromatic rings. The van der Waals surface area contributed by atoms with Crippen molar-refractivity contribution in [2.24, 2.45) is 0 Å². The average molecular weight is 118 g/mol. The summed E-state index contributed by atoms with van der Waals surface area (Å²) in [6.07, 6.45) is 1.78. The molecule has 0 spiro atoms. The van der Waals surface area contributed by atoms with Gasteiger partial charge in [-0.15, -0.1) is 0 Å². The second kappa shape index (κ2) is 2.13. The van der Waals surface area contributed by atoms with Crippen molar-refractivity contribution < 1.29 is 9.90 Å². The summed E-state index contributed by atoms with van der Waals surface area (Å²) in [7, 11) is 0. The Bertz CT molecular complexity index is 96.6. The van der Waals surface area contributed by atoms with Crippen LogP contribution in [0.25, 0.3) is 0 Å². The molecule has 0 saturated carbocycles. The minimum Gasteiger partial charge on any atom is -0.480 e. The largest absolute Gasteiger partial charge is 0.480 e. The van der Waals surface area contributed by atoms with Crippen molar-refractivity contribution in [2.45, 2.75) is 18.9 Å². The number of nitrogens with one attached hydrogen (secondary N) is 1. The molecule has 3 nitrogen and oxygen atoms in total. The number of rotatable bonds is 1. The van der Waals surface area contributed by atoms with E-state index in [1.54, 1.807) is 0 Å². The minimum atomic E-state index is -0.720. The number of hydrogen-bond acceptors (Lipinski definition) is 2. The van der Waals surface area contributed by atoms with Gasteiger partial charge in [-0.3, -0.25) is 4.79 Å². The van der Waals surface area contributed by atoms with E-state index >= 15 is 0 Å². The molecular weight excluding hydrogens is 109 g/mol. The highest BCUT2D eigenvalue weighted by molar-refractivity contribution is 5.73. The number of hydrogen-bond donors (Lipinski definition) is 2. The number of carbonyl (C=O) groups is 1. The fourth-order valence-electron chi connectivity index (χ4n) is 0.895. The van der Waals surface area contributed by atoms with Crippen molar-refractivity contribution >= 4 is 5.97 Å². The molecule has 1 saturated heterocycles. The summed E-state index contributed by atoms with van der Waals surface area (Å²) in [5, 5.41) is 11.2. The van der Waals surface area contributed by atoms with Crippen LogP contribution >= 0.6 is 0 Å². The third-order valence-corrected chi connectivity index (χ3v) is 1.36. The lowest BCUT2D eigenvalue weighted by molar-refractivity contribution is -0.139. The van der Waals surface area contributed by atoms with Crippen molar-refractivity contribution in [3.8, 4) is 0 Å². The van der Waals surface area contributed by atoms with Gasteiger partial charge in [-0.25, -0.2) is 0 Å². The highest BCUT2D eigenvalue weighted by atomic mass is 16.5. The Hall–Kier alpha value is -0.570. The van der Waals surface area contributed by atoms with Gasteiger partial charge in [0.2, 0.25) is 0 Å². The predicted molar refractivity (Wildman–Crippen MR) is 28.7 cm³/mol. The summed E-state index contributed by atoms with van der Waals surface area (Å²) >= 11 is 0. The van der Waals surface area contributed by atoms with E-state index in [0.717, 1.165) is 19.4 Å². The molecule has 2 N–H and O–H groups in total. The van der Waals surface area contributed by atoms with Crippen LogP contribution in [-0.2, 0) is 4.79 Å². The summed E-state index contributed by atoms with van der Waals surface area (Å²) in [4.78, 5) is 10.1. The molecule has 3 heteroatoms. The normalized spacial score (nSPS) is 28.2. The van der Waals surface area contributed by atoms with Crippen molar-refractivity contribution in [1.82, 2.24) is 5.32 Å². The molecule has 8 heavy (non-hydrogen) atoms. The van der Waals surface area contributed by atoms with Crippen molar-refractivity contribution in [3.05, 3.63) is 0 Å². The molecule has 46 valence electrons. The van der Waals surface area contributed by atoms with E-state index in [4.69, 9.17) is 5.11 Å². The van der Waals surface area contributed by atoms with Crippen LogP contribution in [0.4, 0.5) is 0 Å². The fourth-order valence-corrected chi connectivity index (χ4v) is 0.895. The van der Waals surface area contributed by atoms with Gasteiger partial charge in [0, 0.05) is 0 Å². The first-order chi connectivity index (χ1) is 3.80. The zero-order chi connectivity index (χ0) is 5.98. The molecule has 0 amide bonds. The predicted octanol–water partition coefficient (Wildman–Crippen LogP) is -0.177. The Morgan fingerprint density at radius 2 is 2.50 bits per heavy atom. The Labute approximate surface area is 47.7 Å². The first kappa shape index (κ1) is 5.56. The Balaban J connectivity index is 2.35. The third kappa shape index (κ3) is 0.980. The van der Waals surface area contributed by atoms with Gasteiger partial charge in [0.05, 0.1) is 0 Å². The molecule has 1 heterocycles. The molecule has 1 aliphatic rings. The third-order valence-electron chi connectivity index (χ3n) is 1.36. The maximum absolute atomic E-state index is 10.1. The maximum atomic E-state index is 10.1. The molecule has 0 aliphatic carbocycles. The molecule has 1 atom stereocenters. The Morgan fingerprint density at radius 3 is 2.75 bits per heavy atom. The second-order valence-corrected chi connectivity index (χ2v) is 1.99. The first-order valence-corrected chi connectivity index (χ1v) is 2.77. The van der Waals surface area contributed by atoms with Crippen LogP contribution in [0.1, 0.15) is 12.8 Å². The Morgan fingerprint density at radius 1 is 1.75 bits per heavy atom. The molecule has 0 unspecified atom stereocenters. The molecule has 0 aromatic carbocycles. The summed E-state index contributed by atoms with van der Waals surface area (Å²) in [6.45, 7) is 0.858. The molecule has 0 bridgehead atoms. The van der Waals surface area contributed by atoms with Crippen LogP contribution in [0, 0.1) is 0 Å². The van der Waals surface area contributed by atoms with Gasteiger partial charge in [-0.05, 0) is 19.4 Å². The molecule has 0 radical (unpaired) electrons. The second-order valence-electron chi connectivity index (χ2n) is 1.99. The van der Waals surface area contributed by atoms with E-state index in [-0.39, 0.29) is 6.04 Å². The van der Waals surface area contributed by atoms with Crippen LogP contribution < -0.4 is 5.32 Å². The summed E-state index contributed by atoms with van der Waals surface area (Å²) in [5.74, 6) is -0.720. The average Bonchev–Trinajstić information content (AvgIpc) is 2.12. The maximum Gasteiger partial charge on any atom is 0.320 e. The highest BCUT2D eigenvalue weighted by Gasteiger charge is 2.20. The van der Waals surface area contributed by atoms with E-state index in [1.807, 2.05) is 0 Å². The lowest BCUT2D eigenvalue weighted by Gasteiger charge is -1.99. The van der Waals surface area contributed by atoms with Crippen LogP contribution in [0.3, 0.4) is 0 Å².